The minimum absolute atomic E-state index is 0.0558. The highest BCUT2D eigenvalue weighted by atomic mass is 32.2. The van der Waals surface area contributed by atoms with Gasteiger partial charge >= 0.3 is 6.36 Å². The zero-order valence-electron chi connectivity index (χ0n) is 14.4. The van der Waals surface area contributed by atoms with Crippen LogP contribution >= 0.6 is 0 Å². The van der Waals surface area contributed by atoms with Crippen molar-refractivity contribution in [2.24, 2.45) is 0 Å². The van der Waals surface area contributed by atoms with Crippen LogP contribution in [0.2, 0.25) is 0 Å². The van der Waals surface area contributed by atoms with Gasteiger partial charge < -0.3 is 10.1 Å². The van der Waals surface area contributed by atoms with E-state index in [-0.39, 0.29) is 17.0 Å². The molecule has 1 amide bonds. The molecule has 0 radical (unpaired) electrons. The van der Waals surface area contributed by atoms with Gasteiger partial charge in [0.1, 0.15) is 5.75 Å². The zero-order chi connectivity index (χ0) is 20.2. The Hall–Kier alpha value is -2.75. The molecule has 0 aliphatic heterocycles. The molecule has 146 valence electrons. The molecule has 10 heteroatoms. The molecule has 27 heavy (non-hydrogen) atoms. The van der Waals surface area contributed by atoms with Gasteiger partial charge in [0.15, 0.2) is 0 Å². The molecular formula is C17H17F3N2O4S. The Morgan fingerprint density at radius 1 is 1.07 bits per heavy atom. The van der Waals surface area contributed by atoms with E-state index in [0.29, 0.717) is 5.69 Å². The second-order valence-corrected chi connectivity index (χ2v) is 7.73. The van der Waals surface area contributed by atoms with Crippen LogP contribution in [-0.2, 0) is 10.0 Å². The predicted molar refractivity (Wildman–Crippen MR) is 95.4 cm³/mol. The van der Waals surface area contributed by atoms with Crippen molar-refractivity contribution < 1.29 is 31.1 Å². The fraction of sp³-hybridized carbons (Fsp3) is 0.235. The Bertz CT molecular complexity index is 895. The Labute approximate surface area is 154 Å². The van der Waals surface area contributed by atoms with Crippen molar-refractivity contribution in [3.63, 3.8) is 0 Å². The van der Waals surface area contributed by atoms with Crippen LogP contribution in [0.3, 0.4) is 0 Å². The molecule has 0 unspecified atom stereocenters. The smallest absolute Gasteiger partial charge is 0.406 e. The van der Waals surface area contributed by atoms with Crippen molar-refractivity contribution in [1.29, 1.82) is 0 Å². The minimum Gasteiger partial charge on any atom is -0.406 e. The molecule has 0 bridgehead atoms. The molecule has 0 fully saturated rings. The van der Waals surface area contributed by atoms with E-state index in [1.165, 1.54) is 50.4 Å². The summed E-state index contributed by atoms with van der Waals surface area (Å²) in [7, 11) is -1.99. The van der Waals surface area contributed by atoms with Crippen molar-refractivity contribution >= 4 is 27.3 Å². The summed E-state index contributed by atoms with van der Waals surface area (Å²) in [6.07, 6.45) is -4.79. The molecule has 0 aromatic heterocycles. The zero-order valence-corrected chi connectivity index (χ0v) is 15.3. The highest BCUT2D eigenvalue weighted by molar-refractivity contribution is 7.92. The number of nitrogens with zero attached hydrogens (tertiary/aromatic N) is 1. The highest BCUT2D eigenvalue weighted by Gasteiger charge is 2.31. The summed E-state index contributed by atoms with van der Waals surface area (Å²) in [6.45, 7) is 1.53. The van der Waals surface area contributed by atoms with Gasteiger partial charge in [-0.3, -0.25) is 9.10 Å². The number of carbonyl (C=O) groups is 1. The second kappa shape index (κ2) is 7.87. The third-order valence-corrected chi connectivity index (χ3v) is 5.40. The number of hydrogen-bond donors (Lipinski definition) is 1. The highest BCUT2D eigenvalue weighted by Crippen LogP contribution is 2.24. The normalized spacial score (nSPS) is 11.7. The number of anilines is 2. The number of sulfonamides is 1. The number of rotatable bonds is 6. The number of ether oxygens (including phenoxy) is 1. The quantitative estimate of drug-likeness (QED) is 0.801. The molecule has 6 nitrogen and oxygen atoms in total. The molecule has 0 aliphatic carbocycles. The molecule has 0 atom stereocenters. The van der Waals surface area contributed by atoms with E-state index >= 15 is 0 Å². The summed E-state index contributed by atoms with van der Waals surface area (Å²) < 4.78 is 64.9. The third-order valence-electron chi connectivity index (χ3n) is 3.62. The molecular weight excluding hydrogens is 385 g/mol. The van der Waals surface area contributed by atoms with Crippen LogP contribution in [0.4, 0.5) is 24.5 Å². The molecule has 0 spiro atoms. The standard InChI is InChI=1S/C17H17F3N2O4S/c1-3-27(24,25)22(2)14-8-4-12(5-9-14)16(23)21-13-6-10-15(11-7-13)26-17(18,19)20/h4-11H,3H2,1-2H3,(H,21,23). The molecule has 2 aromatic rings. The first kappa shape index (κ1) is 20.6. The van der Waals surface area contributed by atoms with Gasteiger partial charge in [-0.25, -0.2) is 8.42 Å². The average Bonchev–Trinajstić information content (AvgIpc) is 2.61. The van der Waals surface area contributed by atoms with Gasteiger partial charge in [0.05, 0.1) is 11.4 Å². The lowest BCUT2D eigenvalue weighted by Gasteiger charge is -2.18. The number of benzene rings is 2. The maximum Gasteiger partial charge on any atom is 0.573 e. The summed E-state index contributed by atoms with van der Waals surface area (Å²) in [5, 5.41) is 2.53. The lowest BCUT2D eigenvalue weighted by molar-refractivity contribution is -0.274. The molecule has 0 aliphatic rings. The Morgan fingerprint density at radius 3 is 2.11 bits per heavy atom. The van der Waals surface area contributed by atoms with Crippen molar-refractivity contribution in [2.45, 2.75) is 13.3 Å². The topological polar surface area (TPSA) is 75.7 Å². The van der Waals surface area contributed by atoms with Gasteiger partial charge in [0.25, 0.3) is 5.91 Å². The summed E-state index contributed by atoms with van der Waals surface area (Å²) in [4.78, 5) is 12.2. The predicted octanol–water partition coefficient (Wildman–Crippen LogP) is 3.62. The molecule has 0 heterocycles. The van der Waals surface area contributed by atoms with Crippen LogP contribution in [0.25, 0.3) is 0 Å². The van der Waals surface area contributed by atoms with E-state index in [9.17, 15) is 26.4 Å². The summed E-state index contributed by atoms with van der Waals surface area (Å²) in [6, 6.07) is 10.6. The Morgan fingerprint density at radius 2 is 1.63 bits per heavy atom. The van der Waals surface area contributed by atoms with E-state index in [2.05, 4.69) is 10.1 Å². The van der Waals surface area contributed by atoms with Crippen LogP contribution in [-0.4, -0.2) is 33.5 Å². The Kier molecular flexibility index (Phi) is 5.99. The summed E-state index contributed by atoms with van der Waals surface area (Å²) in [5.41, 5.74) is 0.947. The third kappa shape index (κ3) is 5.61. The van der Waals surface area contributed by atoms with Crippen LogP contribution < -0.4 is 14.4 Å². The summed E-state index contributed by atoms with van der Waals surface area (Å²) in [5.74, 6) is -0.947. The molecule has 1 N–H and O–H groups in total. The van der Waals surface area contributed by atoms with Crippen molar-refractivity contribution in [1.82, 2.24) is 0 Å². The van der Waals surface area contributed by atoms with Crippen LogP contribution in [0.1, 0.15) is 17.3 Å². The van der Waals surface area contributed by atoms with Crippen LogP contribution in [0.5, 0.6) is 5.75 Å². The lowest BCUT2D eigenvalue weighted by atomic mass is 10.2. The lowest BCUT2D eigenvalue weighted by Crippen LogP contribution is -2.28. The van der Waals surface area contributed by atoms with E-state index in [1.807, 2.05) is 0 Å². The van der Waals surface area contributed by atoms with Crippen molar-refractivity contribution in [2.75, 3.05) is 22.4 Å². The number of nitrogens with one attached hydrogen (secondary N) is 1. The largest absolute Gasteiger partial charge is 0.573 e. The van der Waals surface area contributed by atoms with E-state index in [0.717, 1.165) is 16.4 Å². The SMILES string of the molecule is CCS(=O)(=O)N(C)c1ccc(C(=O)Nc2ccc(OC(F)(F)F)cc2)cc1. The number of carbonyl (C=O) groups excluding carboxylic acids is 1. The number of hydrogen-bond acceptors (Lipinski definition) is 4. The van der Waals surface area contributed by atoms with E-state index in [4.69, 9.17) is 0 Å². The van der Waals surface area contributed by atoms with E-state index < -0.39 is 28.0 Å². The number of amides is 1. The minimum atomic E-state index is -4.79. The summed E-state index contributed by atoms with van der Waals surface area (Å²) >= 11 is 0. The monoisotopic (exact) mass is 402 g/mol. The maximum atomic E-state index is 12.2. The van der Waals surface area contributed by atoms with Crippen LogP contribution in [0, 0.1) is 0 Å². The molecule has 0 saturated heterocycles. The van der Waals surface area contributed by atoms with Gasteiger partial charge in [0, 0.05) is 18.3 Å². The molecule has 0 saturated carbocycles. The average molecular weight is 402 g/mol. The van der Waals surface area contributed by atoms with Crippen molar-refractivity contribution in [3.05, 3.63) is 54.1 Å². The first-order valence-corrected chi connectivity index (χ1v) is 9.36. The van der Waals surface area contributed by atoms with Crippen LogP contribution in [0.15, 0.2) is 48.5 Å². The van der Waals surface area contributed by atoms with Gasteiger partial charge in [-0.1, -0.05) is 0 Å². The fourth-order valence-electron chi connectivity index (χ4n) is 2.12. The first-order chi connectivity index (χ1) is 12.5. The van der Waals surface area contributed by atoms with Gasteiger partial charge in [-0.2, -0.15) is 0 Å². The fourth-order valence-corrected chi connectivity index (χ4v) is 2.95. The molecule has 2 aromatic carbocycles. The number of halogens is 3. The van der Waals surface area contributed by atoms with Gasteiger partial charge in [0.2, 0.25) is 10.0 Å². The van der Waals surface area contributed by atoms with Gasteiger partial charge in [-0.15, -0.1) is 13.2 Å². The van der Waals surface area contributed by atoms with E-state index in [1.54, 1.807) is 0 Å². The molecule has 2 rings (SSSR count). The number of alkyl halides is 3. The second-order valence-electron chi connectivity index (χ2n) is 5.44. The van der Waals surface area contributed by atoms with Gasteiger partial charge in [-0.05, 0) is 55.5 Å². The first-order valence-electron chi connectivity index (χ1n) is 7.75. The maximum absolute atomic E-state index is 12.2. The van der Waals surface area contributed by atoms with Crippen molar-refractivity contribution in [3.8, 4) is 5.75 Å². The Balaban J connectivity index is 2.06.